The molecule has 3 aromatic rings. The molecule has 0 spiro atoms. The Kier molecular flexibility index (Phi) is 7.08. The van der Waals surface area contributed by atoms with Gasteiger partial charge in [-0.2, -0.15) is 18.4 Å². The summed E-state index contributed by atoms with van der Waals surface area (Å²) >= 11 is 0. The molecule has 0 fully saturated rings. The summed E-state index contributed by atoms with van der Waals surface area (Å²) in [5.41, 5.74) is 0.495. The highest BCUT2D eigenvalue weighted by atomic mass is 19.4. The SMILES string of the molecule is CC(C)CC(Oc1ccc(C#N)c(C(F)(F)F)c1)C(=O)NCCc1c[nH]c2ccccc12. The van der Waals surface area contributed by atoms with Crippen molar-refractivity contribution in [3.63, 3.8) is 0 Å². The smallest absolute Gasteiger partial charge is 0.417 e. The molecule has 0 saturated heterocycles. The Morgan fingerprint density at radius 3 is 2.66 bits per heavy atom. The number of para-hydroxylation sites is 1. The predicted molar refractivity (Wildman–Crippen MR) is 115 cm³/mol. The number of halogens is 3. The molecule has 1 amide bonds. The van der Waals surface area contributed by atoms with Gasteiger partial charge in [-0.1, -0.05) is 32.0 Å². The van der Waals surface area contributed by atoms with Crippen LogP contribution in [-0.2, 0) is 17.4 Å². The Hall–Kier alpha value is -3.47. The van der Waals surface area contributed by atoms with E-state index in [2.05, 4.69) is 10.3 Å². The van der Waals surface area contributed by atoms with E-state index in [1.54, 1.807) is 0 Å². The van der Waals surface area contributed by atoms with Gasteiger partial charge in [-0.15, -0.1) is 0 Å². The van der Waals surface area contributed by atoms with E-state index in [-0.39, 0.29) is 11.7 Å². The molecule has 0 aliphatic heterocycles. The number of nitriles is 1. The summed E-state index contributed by atoms with van der Waals surface area (Å²) in [7, 11) is 0. The molecule has 1 atom stereocenters. The number of H-pyrrole nitrogens is 1. The zero-order valence-corrected chi connectivity index (χ0v) is 17.8. The maximum absolute atomic E-state index is 13.2. The van der Waals surface area contributed by atoms with Gasteiger partial charge in [-0.05, 0) is 48.6 Å². The number of carbonyl (C=O) groups excluding carboxylic acids is 1. The van der Waals surface area contributed by atoms with E-state index in [4.69, 9.17) is 10.00 Å². The van der Waals surface area contributed by atoms with Crippen molar-refractivity contribution in [2.24, 2.45) is 5.92 Å². The van der Waals surface area contributed by atoms with E-state index in [0.717, 1.165) is 28.6 Å². The second-order valence-corrected chi connectivity index (χ2v) is 7.95. The first-order valence-corrected chi connectivity index (χ1v) is 10.3. The molecule has 32 heavy (non-hydrogen) atoms. The summed E-state index contributed by atoms with van der Waals surface area (Å²) in [6, 6.07) is 12.5. The number of nitrogens with one attached hydrogen (secondary N) is 2. The van der Waals surface area contributed by atoms with Crippen LogP contribution in [0.4, 0.5) is 13.2 Å². The van der Waals surface area contributed by atoms with Gasteiger partial charge < -0.3 is 15.0 Å². The number of fused-ring (bicyclic) bond motifs is 1. The molecule has 2 N–H and O–H groups in total. The van der Waals surface area contributed by atoms with Crippen LogP contribution in [0.5, 0.6) is 5.75 Å². The third kappa shape index (κ3) is 5.61. The van der Waals surface area contributed by atoms with Gasteiger partial charge in [0.05, 0.1) is 17.2 Å². The molecule has 0 aliphatic rings. The molecule has 0 saturated carbocycles. The third-order valence-electron chi connectivity index (χ3n) is 5.04. The van der Waals surface area contributed by atoms with E-state index >= 15 is 0 Å². The summed E-state index contributed by atoms with van der Waals surface area (Å²) in [4.78, 5) is 15.9. The first-order valence-electron chi connectivity index (χ1n) is 10.3. The van der Waals surface area contributed by atoms with Gasteiger partial charge in [0.1, 0.15) is 5.75 Å². The normalized spacial score (nSPS) is 12.5. The number of benzene rings is 2. The lowest BCUT2D eigenvalue weighted by molar-refractivity contribution is -0.137. The molecule has 2 aromatic carbocycles. The van der Waals surface area contributed by atoms with Crippen LogP contribution < -0.4 is 10.1 Å². The Labute approximate surface area is 184 Å². The number of rotatable bonds is 8. The molecule has 5 nitrogen and oxygen atoms in total. The van der Waals surface area contributed by atoms with Crippen LogP contribution in [-0.4, -0.2) is 23.5 Å². The van der Waals surface area contributed by atoms with Crippen LogP contribution >= 0.6 is 0 Å². The Morgan fingerprint density at radius 1 is 1.22 bits per heavy atom. The van der Waals surface area contributed by atoms with Gasteiger partial charge in [-0.25, -0.2) is 0 Å². The van der Waals surface area contributed by atoms with Crippen molar-refractivity contribution in [2.75, 3.05) is 6.54 Å². The van der Waals surface area contributed by atoms with E-state index in [0.29, 0.717) is 19.4 Å². The summed E-state index contributed by atoms with van der Waals surface area (Å²) in [5, 5.41) is 12.9. The molecule has 0 aliphatic carbocycles. The Morgan fingerprint density at radius 2 is 1.97 bits per heavy atom. The highest BCUT2D eigenvalue weighted by molar-refractivity contribution is 5.83. The van der Waals surface area contributed by atoms with E-state index in [1.165, 1.54) is 12.1 Å². The van der Waals surface area contributed by atoms with Gasteiger partial charge >= 0.3 is 6.18 Å². The van der Waals surface area contributed by atoms with Crippen molar-refractivity contribution in [1.82, 2.24) is 10.3 Å². The van der Waals surface area contributed by atoms with Gasteiger partial charge in [0.15, 0.2) is 6.10 Å². The fourth-order valence-corrected chi connectivity index (χ4v) is 3.50. The van der Waals surface area contributed by atoms with E-state index < -0.39 is 29.3 Å². The molecular weight excluding hydrogens is 419 g/mol. The van der Waals surface area contributed by atoms with Crippen molar-refractivity contribution in [3.8, 4) is 11.8 Å². The van der Waals surface area contributed by atoms with Crippen LogP contribution in [0.1, 0.15) is 37.0 Å². The van der Waals surface area contributed by atoms with Crippen molar-refractivity contribution < 1.29 is 22.7 Å². The lowest BCUT2D eigenvalue weighted by atomic mass is 10.0. The topological polar surface area (TPSA) is 77.9 Å². The van der Waals surface area contributed by atoms with Crippen LogP contribution in [0, 0.1) is 17.2 Å². The van der Waals surface area contributed by atoms with Crippen molar-refractivity contribution in [3.05, 3.63) is 65.4 Å². The van der Waals surface area contributed by atoms with Crippen LogP contribution in [0.3, 0.4) is 0 Å². The van der Waals surface area contributed by atoms with Crippen molar-refractivity contribution in [1.29, 1.82) is 5.26 Å². The van der Waals surface area contributed by atoms with E-state index in [1.807, 2.05) is 44.3 Å². The van der Waals surface area contributed by atoms with Gasteiger partial charge in [0, 0.05) is 23.6 Å². The molecular formula is C24H24F3N3O2. The molecule has 0 bridgehead atoms. The molecule has 3 rings (SSSR count). The Bertz CT molecular complexity index is 1130. The highest BCUT2D eigenvalue weighted by Crippen LogP contribution is 2.34. The first kappa shape index (κ1) is 23.2. The first-order chi connectivity index (χ1) is 15.2. The second-order valence-electron chi connectivity index (χ2n) is 7.95. The highest BCUT2D eigenvalue weighted by Gasteiger charge is 2.34. The molecule has 0 radical (unpaired) electrons. The van der Waals surface area contributed by atoms with E-state index in [9.17, 15) is 18.0 Å². The number of aromatic nitrogens is 1. The average Bonchev–Trinajstić information content (AvgIpc) is 3.15. The summed E-state index contributed by atoms with van der Waals surface area (Å²) in [6.07, 6.45) is -2.82. The summed E-state index contributed by atoms with van der Waals surface area (Å²) in [5.74, 6) is -0.412. The van der Waals surface area contributed by atoms with Crippen LogP contribution in [0.2, 0.25) is 0 Å². The molecule has 1 unspecified atom stereocenters. The number of hydrogen-bond acceptors (Lipinski definition) is 3. The fourth-order valence-electron chi connectivity index (χ4n) is 3.50. The Balaban J connectivity index is 1.69. The van der Waals surface area contributed by atoms with Gasteiger partial charge in [-0.3, -0.25) is 4.79 Å². The zero-order chi connectivity index (χ0) is 23.3. The summed E-state index contributed by atoms with van der Waals surface area (Å²) < 4.78 is 45.4. The van der Waals surface area contributed by atoms with Crippen molar-refractivity contribution in [2.45, 2.75) is 39.0 Å². The average molecular weight is 443 g/mol. The number of amides is 1. The number of ether oxygens (including phenoxy) is 1. The molecule has 1 heterocycles. The van der Waals surface area contributed by atoms with Gasteiger partial charge in [0.2, 0.25) is 0 Å². The third-order valence-corrected chi connectivity index (χ3v) is 5.04. The second kappa shape index (κ2) is 9.77. The number of carbonyl (C=O) groups is 1. The largest absolute Gasteiger partial charge is 0.481 e. The predicted octanol–water partition coefficient (Wildman–Crippen LogP) is 5.21. The lowest BCUT2D eigenvalue weighted by Crippen LogP contribution is -2.40. The standard InChI is InChI=1S/C24H24F3N3O2/c1-15(2)11-22(32-18-8-7-16(13-28)20(12-18)24(25,26)27)23(31)29-10-9-17-14-30-21-6-4-3-5-19(17)21/h3-8,12,14-15,22,30H,9-11H2,1-2H3,(H,29,31). The minimum atomic E-state index is -4.69. The minimum absolute atomic E-state index is 0.0832. The van der Waals surface area contributed by atoms with Gasteiger partial charge in [0.25, 0.3) is 5.91 Å². The maximum Gasteiger partial charge on any atom is 0.417 e. The number of nitrogens with zero attached hydrogens (tertiary/aromatic N) is 1. The zero-order valence-electron chi connectivity index (χ0n) is 17.8. The number of hydrogen-bond donors (Lipinski definition) is 2. The maximum atomic E-state index is 13.2. The minimum Gasteiger partial charge on any atom is -0.481 e. The van der Waals surface area contributed by atoms with Crippen LogP contribution in [0.15, 0.2) is 48.7 Å². The molecule has 1 aromatic heterocycles. The lowest BCUT2D eigenvalue weighted by Gasteiger charge is -2.21. The van der Waals surface area contributed by atoms with Crippen LogP contribution in [0.25, 0.3) is 10.9 Å². The molecule has 168 valence electrons. The summed E-state index contributed by atoms with van der Waals surface area (Å²) in [6.45, 7) is 4.16. The molecule has 8 heteroatoms. The van der Waals surface area contributed by atoms with Crippen molar-refractivity contribution >= 4 is 16.8 Å². The monoisotopic (exact) mass is 443 g/mol. The quantitative estimate of drug-likeness (QED) is 0.502. The fraction of sp³-hybridized carbons (Fsp3) is 0.333. The number of alkyl halides is 3. The number of aromatic amines is 1.